The van der Waals surface area contributed by atoms with Crippen molar-refractivity contribution in [3.05, 3.63) is 34.4 Å². The summed E-state index contributed by atoms with van der Waals surface area (Å²) in [6.07, 6.45) is 1.64. The monoisotopic (exact) mass is 300 g/mol. The maximum atomic E-state index is 12.0. The molecule has 0 unspecified atom stereocenters. The molecular formula is C18H24N2O2. The van der Waals surface area contributed by atoms with Crippen molar-refractivity contribution in [2.24, 2.45) is 0 Å². The summed E-state index contributed by atoms with van der Waals surface area (Å²) in [5.41, 5.74) is 2.99. The molecule has 0 radical (unpaired) electrons. The van der Waals surface area contributed by atoms with Gasteiger partial charge in [0.2, 0.25) is 0 Å². The van der Waals surface area contributed by atoms with Gasteiger partial charge in [0.1, 0.15) is 17.4 Å². The standard InChI is InChI=1S/C18H24N2O2/c1-11(2)16-9-14(13(5)7-17(16)22-6)8-15(10-19)18(21)20-12(3)4/h7-9,11-12H,1-6H3,(H,20,21)/b15-8-. The van der Waals surface area contributed by atoms with Crippen LogP contribution in [0.15, 0.2) is 17.7 Å². The van der Waals surface area contributed by atoms with E-state index in [1.807, 2.05) is 39.0 Å². The van der Waals surface area contributed by atoms with Crippen molar-refractivity contribution in [2.75, 3.05) is 7.11 Å². The second-order valence-corrected chi connectivity index (χ2v) is 5.90. The van der Waals surface area contributed by atoms with E-state index in [4.69, 9.17) is 4.74 Å². The number of benzene rings is 1. The van der Waals surface area contributed by atoms with Crippen LogP contribution in [0.2, 0.25) is 0 Å². The number of hydrogen-bond donors (Lipinski definition) is 1. The minimum atomic E-state index is -0.348. The first kappa shape index (κ1) is 17.8. The van der Waals surface area contributed by atoms with Gasteiger partial charge in [0.05, 0.1) is 7.11 Å². The summed E-state index contributed by atoms with van der Waals surface area (Å²) in [5.74, 6) is 0.770. The SMILES string of the molecule is COc1cc(C)c(/C=C(/C#N)C(=O)NC(C)C)cc1C(C)C. The zero-order valence-electron chi connectivity index (χ0n) is 14.2. The fraction of sp³-hybridized carbons (Fsp3) is 0.444. The number of aryl methyl sites for hydroxylation is 1. The van der Waals surface area contributed by atoms with Gasteiger partial charge in [-0.15, -0.1) is 0 Å². The lowest BCUT2D eigenvalue weighted by molar-refractivity contribution is -0.117. The molecule has 0 fully saturated rings. The molecule has 0 atom stereocenters. The Kier molecular flexibility index (Phi) is 6.18. The van der Waals surface area contributed by atoms with Gasteiger partial charge in [-0.25, -0.2) is 0 Å². The maximum Gasteiger partial charge on any atom is 0.262 e. The third kappa shape index (κ3) is 4.36. The van der Waals surface area contributed by atoms with Crippen molar-refractivity contribution in [2.45, 2.75) is 46.6 Å². The molecule has 4 nitrogen and oxygen atoms in total. The average Bonchev–Trinajstić information content (AvgIpc) is 2.44. The highest BCUT2D eigenvalue weighted by Crippen LogP contribution is 2.30. The number of ether oxygens (including phenoxy) is 1. The molecule has 0 saturated heterocycles. The Hall–Kier alpha value is -2.28. The number of methoxy groups -OCH3 is 1. The van der Waals surface area contributed by atoms with Gasteiger partial charge in [-0.2, -0.15) is 5.26 Å². The average molecular weight is 300 g/mol. The minimum absolute atomic E-state index is 0.00700. The van der Waals surface area contributed by atoms with Crippen LogP contribution in [-0.2, 0) is 4.79 Å². The predicted molar refractivity (Wildman–Crippen MR) is 88.7 cm³/mol. The zero-order valence-corrected chi connectivity index (χ0v) is 14.2. The van der Waals surface area contributed by atoms with E-state index in [0.717, 1.165) is 22.4 Å². The van der Waals surface area contributed by atoms with Gasteiger partial charge < -0.3 is 10.1 Å². The van der Waals surface area contributed by atoms with E-state index in [0.29, 0.717) is 0 Å². The van der Waals surface area contributed by atoms with Crippen molar-refractivity contribution >= 4 is 12.0 Å². The van der Waals surface area contributed by atoms with Gasteiger partial charge in [-0.05, 0) is 61.6 Å². The fourth-order valence-electron chi connectivity index (χ4n) is 2.14. The van der Waals surface area contributed by atoms with Crippen molar-refractivity contribution in [3.8, 4) is 11.8 Å². The van der Waals surface area contributed by atoms with Gasteiger partial charge in [0.25, 0.3) is 5.91 Å². The van der Waals surface area contributed by atoms with E-state index in [2.05, 4.69) is 19.2 Å². The van der Waals surface area contributed by atoms with Crippen LogP contribution in [0, 0.1) is 18.3 Å². The van der Waals surface area contributed by atoms with Crippen LogP contribution in [0.4, 0.5) is 0 Å². The van der Waals surface area contributed by atoms with E-state index in [1.165, 1.54) is 0 Å². The Morgan fingerprint density at radius 2 is 1.95 bits per heavy atom. The lowest BCUT2D eigenvalue weighted by atomic mass is 9.95. The molecule has 0 aliphatic carbocycles. The number of nitrogens with one attached hydrogen (secondary N) is 1. The molecular weight excluding hydrogens is 276 g/mol. The largest absolute Gasteiger partial charge is 0.496 e. The van der Waals surface area contributed by atoms with Crippen molar-refractivity contribution < 1.29 is 9.53 Å². The Bertz CT molecular complexity index is 623. The van der Waals surface area contributed by atoms with Crippen molar-refractivity contribution in [1.82, 2.24) is 5.32 Å². The summed E-state index contributed by atoms with van der Waals surface area (Å²) >= 11 is 0. The molecule has 118 valence electrons. The lowest BCUT2D eigenvalue weighted by Gasteiger charge is -2.15. The number of amides is 1. The van der Waals surface area contributed by atoms with Crippen LogP contribution in [0.3, 0.4) is 0 Å². The van der Waals surface area contributed by atoms with E-state index >= 15 is 0 Å². The van der Waals surface area contributed by atoms with Crippen LogP contribution >= 0.6 is 0 Å². The summed E-state index contributed by atoms with van der Waals surface area (Å²) < 4.78 is 5.41. The molecule has 1 N–H and O–H groups in total. The van der Waals surface area contributed by atoms with Crippen LogP contribution in [0.1, 0.15) is 50.3 Å². The summed E-state index contributed by atoms with van der Waals surface area (Å²) in [6, 6.07) is 5.90. The van der Waals surface area contributed by atoms with Gasteiger partial charge in [-0.3, -0.25) is 4.79 Å². The van der Waals surface area contributed by atoms with Gasteiger partial charge in [0, 0.05) is 6.04 Å². The summed E-state index contributed by atoms with van der Waals surface area (Å²) in [6.45, 7) is 9.83. The molecule has 22 heavy (non-hydrogen) atoms. The quantitative estimate of drug-likeness (QED) is 0.668. The molecule has 0 aliphatic rings. The molecule has 0 bridgehead atoms. The van der Waals surface area contributed by atoms with E-state index < -0.39 is 0 Å². The molecule has 0 aliphatic heterocycles. The van der Waals surface area contributed by atoms with Crippen LogP contribution in [-0.4, -0.2) is 19.1 Å². The number of rotatable bonds is 5. The van der Waals surface area contributed by atoms with Gasteiger partial charge in [-0.1, -0.05) is 13.8 Å². The highest BCUT2D eigenvalue weighted by molar-refractivity contribution is 6.02. The van der Waals surface area contributed by atoms with E-state index in [9.17, 15) is 10.1 Å². The minimum Gasteiger partial charge on any atom is -0.496 e. The first-order chi connectivity index (χ1) is 10.3. The highest BCUT2D eigenvalue weighted by atomic mass is 16.5. The summed E-state index contributed by atoms with van der Waals surface area (Å²) in [4.78, 5) is 12.0. The van der Waals surface area contributed by atoms with Gasteiger partial charge >= 0.3 is 0 Å². The third-order valence-electron chi connectivity index (χ3n) is 3.33. The first-order valence-corrected chi connectivity index (χ1v) is 7.41. The fourth-order valence-corrected chi connectivity index (χ4v) is 2.14. The Morgan fingerprint density at radius 1 is 1.32 bits per heavy atom. The van der Waals surface area contributed by atoms with E-state index in [1.54, 1.807) is 13.2 Å². The predicted octanol–water partition coefficient (Wildman–Crippen LogP) is 3.56. The maximum absolute atomic E-state index is 12.0. The molecule has 0 aromatic heterocycles. The van der Waals surface area contributed by atoms with Crippen LogP contribution in [0.5, 0.6) is 5.75 Å². The first-order valence-electron chi connectivity index (χ1n) is 7.41. The smallest absolute Gasteiger partial charge is 0.262 e. The molecule has 1 rings (SSSR count). The topological polar surface area (TPSA) is 62.1 Å². The highest BCUT2D eigenvalue weighted by Gasteiger charge is 2.14. The second-order valence-electron chi connectivity index (χ2n) is 5.90. The molecule has 4 heteroatoms. The number of hydrogen-bond acceptors (Lipinski definition) is 3. The normalized spacial score (nSPS) is 11.5. The second kappa shape index (κ2) is 7.65. The molecule has 0 spiro atoms. The van der Waals surface area contributed by atoms with Crippen molar-refractivity contribution in [3.63, 3.8) is 0 Å². The Balaban J connectivity index is 3.31. The molecule has 0 saturated carbocycles. The zero-order chi connectivity index (χ0) is 16.9. The molecule has 1 aromatic carbocycles. The van der Waals surface area contributed by atoms with E-state index in [-0.39, 0.29) is 23.4 Å². The van der Waals surface area contributed by atoms with Gasteiger partial charge in [0.15, 0.2) is 0 Å². The summed E-state index contributed by atoms with van der Waals surface area (Å²) in [7, 11) is 1.65. The number of carbonyl (C=O) groups is 1. The Labute approximate surface area is 132 Å². The van der Waals surface area contributed by atoms with Crippen LogP contribution < -0.4 is 10.1 Å². The molecule has 1 amide bonds. The molecule has 0 heterocycles. The third-order valence-corrected chi connectivity index (χ3v) is 3.33. The number of nitrogens with zero attached hydrogens (tertiary/aromatic N) is 1. The summed E-state index contributed by atoms with van der Waals surface area (Å²) in [5, 5.41) is 12.0. The number of carbonyl (C=O) groups excluding carboxylic acids is 1. The van der Waals surface area contributed by atoms with Crippen LogP contribution in [0.25, 0.3) is 6.08 Å². The Morgan fingerprint density at radius 3 is 2.41 bits per heavy atom. The van der Waals surface area contributed by atoms with Crippen molar-refractivity contribution in [1.29, 1.82) is 5.26 Å². The molecule has 1 aromatic rings. The number of nitriles is 1. The lowest BCUT2D eigenvalue weighted by Crippen LogP contribution is -2.30.